The minimum Gasteiger partial charge on any atom is -0.406 e. The normalized spacial score (nSPS) is 14.3. The second-order valence-corrected chi connectivity index (χ2v) is 6.94. The molecule has 174 valence electrons. The van der Waals surface area contributed by atoms with E-state index in [1.165, 1.54) is 64.2 Å². The van der Waals surface area contributed by atoms with Gasteiger partial charge in [-0.25, -0.2) is 9.36 Å². The second kappa shape index (κ2) is 7.57. The molecular weight excluding hydrogens is 467 g/mol. The Morgan fingerprint density at radius 3 is 2.35 bits per heavy atom. The Morgan fingerprint density at radius 1 is 0.912 bits per heavy atom. The molecule has 2 aromatic carbocycles. The lowest BCUT2D eigenvalue weighted by Gasteiger charge is -2.11. The molecule has 0 spiro atoms. The molecule has 0 bridgehead atoms. The molecule has 0 saturated heterocycles. The molecule has 3 heterocycles. The Hall–Kier alpha value is -4.42. The zero-order chi connectivity index (χ0) is 24.1. The van der Waals surface area contributed by atoms with Crippen LogP contribution in [-0.2, 0) is 0 Å². The van der Waals surface area contributed by atoms with E-state index in [4.69, 9.17) is 0 Å². The predicted octanol–water partition coefficient (Wildman–Crippen LogP) is 4.31. The van der Waals surface area contributed by atoms with Gasteiger partial charge in [0.2, 0.25) is 5.43 Å². The maximum Gasteiger partial charge on any atom is 0.586 e. The monoisotopic (exact) mass is 478 g/mol. The molecule has 34 heavy (non-hydrogen) atoms. The number of alkyl halides is 5. The summed E-state index contributed by atoms with van der Waals surface area (Å²) in [6.45, 7) is 0. The van der Waals surface area contributed by atoms with E-state index >= 15 is 0 Å². The molecule has 1 aliphatic rings. The molecule has 5 rings (SSSR count). The van der Waals surface area contributed by atoms with Crippen LogP contribution in [0, 0.1) is 0 Å². The van der Waals surface area contributed by atoms with Crippen molar-refractivity contribution >= 4 is 0 Å². The molecule has 8 nitrogen and oxygen atoms in total. The van der Waals surface area contributed by atoms with E-state index in [-0.39, 0.29) is 22.9 Å². The fraction of sp³-hybridized carbons (Fsp3) is 0.0952. The van der Waals surface area contributed by atoms with Crippen LogP contribution in [0.3, 0.4) is 0 Å². The first-order valence-electron chi connectivity index (χ1n) is 9.49. The van der Waals surface area contributed by atoms with E-state index in [0.717, 1.165) is 12.1 Å². The number of rotatable bonds is 4. The maximum atomic E-state index is 13.3. The Balaban J connectivity index is 1.50. The molecule has 0 saturated carbocycles. The van der Waals surface area contributed by atoms with Crippen molar-refractivity contribution in [1.29, 1.82) is 0 Å². The largest absolute Gasteiger partial charge is 0.586 e. The highest BCUT2D eigenvalue weighted by Crippen LogP contribution is 2.42. The molecular formula is C21H11F5N4O4. The SMILES string of the molecule is O=c1ccn(-c2ccc(OC(F)(F)F)cc2)nc1-c1ccnn1-c1ccc2c(c1)OC(F)(F)O2. The lowest BCUT2D eigenvalue weighted by atomic mass is 10.2. The van der Waals surface area contributed by atoms with E-state index in [2.05, 4.69) is 24.4 Å². The van der Waals surface area contributed by atoms with Gasteiger partial charge >= 0.3 is 12.7 Å². The fourth-order valence-electron chi connectivity index (χ4n) is 3.29. The average Bonchev–Trinajstić information content (AvgIpc) is 3.36. The zero-order valence-corrected chi connectivity index (χ0v) is 16.7. The zero-order valence-electron chi connectivity index (χ0n) is 16.7. The van der Waals surface area contributed by atoms with Crippen molar-refractivity contribution in [3.05, 3.63) is 77.2 Å². The highest BCUT2D eigenvalue weighted by atomic mass is 19.4. The Morgan fingerprint density at radius 2 is 1.62 bits per heavy atom. The minimum atomic E-state index is -4.83. The molecule has 0 aliphatic carbocycles. The van der Waals surface area contributed by atoms with Crippen molar-refractivity contribution in [3.63, 3.8) is 0 Å². The fourth-order valence-corrected chi connectivity index (χ4v) is 3.29. The molecule has 0 atom stereocenters. The van der Waals surface area contributed by atoms with Gasteiger partial charge in [0, 0.05) is 18.3 Å². The summed E-state index contributed by atoms with van der Waals surface area (Å²) in [4.78, 5) is 12.6. The number of hydrogen-bond acceptors (Lipinski definition) is 6. The van der Waals surface area contributed by atoms with E-state index in [1.807, 2.05) is 0 Å². The van der Waals surface area contributed by atoms with Gasteiger partial charge in [-0.3, -0.25) is 4.79 Å². The molecule has 0 fully saturated rings. The van der Waals surface area contributed by atoms with Gasteiger partial charge in [-0.05, 0) is 42.5 Å². The lowest BCUT2D eigenvalue weighted by molar-refractivity contribution is -0.286. The van der Waals surface area contributed by atoms with Crippen LogP contribution >= 0.6 is 0 Å². The number of fused-ring (bicyclic) bond motifs is 1. The number of hydrogen-bond donors (Lipinski definition) is 0. The van der Waals surface area contributed by atoms with Crippen molar-refractivity contribution in [1.82, 2.24) is 19.6 Å². The summed E-state index contributed by atoms with van der Waals surface area (Å²) in [6.07, 6.45) is -5.89. The van der Waals surface area contributed by atoms with Gasteiger partial charge in [0.15, 0.2) is 17.2 Å². The van der Waals surface area contributed by atoms with Crippen LogP contribution in [0.1, 0.15) is 0 Å². The predicted molar refractivity (Wildman–Crippen MR) is 105 cm³/mol. The van der Waals surface area contributed by atoms with Gasteiger partial charge in [-0.2, -0.15) is 10.2 Å². The maximum absolute atomic E-state index is 13.3. The first-order valence-corrected chi connectivity index (χ1v) is 9.49. The van der Waals surface area contributed by atoms with Crippen LogP contribution in [0.5, 0.6) is 17.2 Å². The van der Waals surface area contributed by atoms with Crippen molar-refractivity contribution in [2.24, 2.45) is 0 Å². The first-order chi connectivity index (χ1) is 16.1. The first kappa shape index (κ1) is 21.4. The average molecular weight is 478 g/mol. The molecule has 2 aromatic heterocycles. The molecule has 0 N–H and O–H groups in total. The summed E-state index contributed by atoms with van der Waals surface area (Å²) in [5.41, 5.74) is 0.375. The van der Waals surface area contributed by atoms with Gasteiger partial charge < -0.3 is 14.2 Å². The van der Waals surface area contributed by atoms with E-state index in [1.54, 1.807) is 0 Å². The van der Waals surface area contributed by atoms with Crippen molar-refractivity contribution in [2.75, 3.05) is 0 Å². The van der Waals surface area contributed by atoms with Crippen LogP contribution in [0.25, 0.3) is 22.8 Å². The number of aromatic nitrogens is 4. The smallest absolute Gasteiger partial charge is 0.406 e. The van der Waals surface area contributed by atoms with Crippen molar-refractivity contribution in [2.45, 2.75) is 12.7 Å². The Bertz CT molecular complexity index is 1430. The summed E-state index contributed by atoms with van der Waals surface area (Å²) >= 11 is 0. The van der Waals surface area contributed by atoms with Crippen molar-refractivity contribution in [3.8, 4) is 40.0 Å². The molecule has 0 amide bonds. The van der Waals surface area contributed by atoms with Crippen LogP contribution in [0.15, 0.2) is 71.8 Å². The van der Waals surface area contributed by atoms with Crippen LogP contribution in [0.4, 0.5) is 22.0 Å². The van der Waals surface area contributed by atoms with Gasteiger partial charge in [-0.1, -0.05) is 0 Å². The summed E-state index contributed by atoms with van der Waals surface area (Å²) in [6, 6.07) is 11.6. The number of halogens is 5. The van der Waals surface area contributed by atoms with Crippen LogP contribution in [-0.4, -0.2) is 32.2 Å². The van der Waals surface area contributed by atoms with Gasteiger partial charge in [0.25, 0.3) is 0 Å². The quantitative estimate of drug-likeness (QED) is 0.407. The van der Waals surface area contributed by atoms with Crippen LogP contribution < -0.4 is 19.6 Å². The molecule has 13 heteroatoms. The van der Waals surface area contributed by atoms with E-state index in [9.17, 15) is 26.7 Å². The number of nitrogens with zero attached hydrogens (tertiary/aromatic N) is 4. The standard InChI is InChI=1S/C21H11F5N4O4/c22-20(23,24)32-14-4-1-12(2-5-14)29-10-8-16(31)19(28-29)15-7-9-27-30(15)13-3-6-17-18(11-13)34-21(25,26)33-17/h1-11H. The molecule has 1 aliphatic heterocycles. The van der Waals surface area contributed by atoms with Crippen molar-refractivity contribution < 1.29 is 36.2 Å². The summed E-state index contributed by atoms with van der Waals surface area (Å²) in [5.74, 6) is -0.770. The van der Waals surface area contributed by atoms with Crippen LogP contribution in [0.2, 0.25) is 0 Å². The highest BCUT2D eigenvalue weighted by Gasteiger charge is 2.43. The Kier molecular flexibility index (Phi) is 4.77. The summed E-state index contributed by atoms with van der Waals surface area (Å²) < 4.78 is 79.1. The third kappa shape index (κ3) is 4.14. The molecule has 4 aromatic rings. The topological polar surface area (TPSA) is 80.4 Å². The third-order valence-corrected chi connectivity index (χ3v) is 4.66. The van der Waals surface area contributed by atoms with E-state index < -0.39 is 23.8 Å². The summed E-state index contributed by atoms with van der Waals surface area (Å²) in [5, 5.41) is 8.41. The lowest BCUT2D eigenvalue weighted by Crippen LogP contribution is -2.25. The third-order valence-electron chi connectivity index (χ3n) is 4.66. The van der Waals surface area contributed by atoms with E-state index in [0.29, 0.717) is 11.4 Å². The highest BCUT2D eigenvalue weighted by molar-refractivity contribution is 5.59. The molecule has 0 unspecified atom stereocenters. The Labute approximate surface area is 186 Å². The van der Waals surface area contributed by atoms with Gasteiger partial charge in [-0.15, -0.1) is 22.0 Å². The number of benzene rings is 2. The van der Waals surface area contributed by atoms with Gasteiger partial charge in [0.05, 0.1) is 23.3 Å². The second-order valence-electron chi connectivity index (χ2n) is 6.94. The summed E-state index contributed by atoms with van der Waals surface area (Å²) in [7, 11) is 0. The van der Waals surface area contributed by atoms with Gasteiger partial charge in [0.1, 0.15) is 5.75 Å². The number of ether oxygens (including phenoxy) is 3. The molecule has 0 radical (unpaired) electrons. The minimum absolute atomic E-state index is 0.0429.